The standard InChI is InChI=1S/C20H24N4O2/c1-12-8-13(2)10-14(9-12)24-17-5-3-4-16(15(17)11-22-24)23-19(26)20(6-7-20)18(21)25/h8-11,16H,3-7H2,1-2H3,(H2,21,25)(H,23,26)/t16-/m1/s1. The molecule has 1 saturated carbocycles. The molecule has 6 heteroatoms. The topological polar surface area (TPSA) is 90.0 Å². The van der Waals surface area contributed by atoms with Crippen LogP contribution < -0.4 is 11.1 Å². The number of carbonyl (C=O) groups excluding carboxylic acids is 2. The van der Waals surface area contributed by atoms with Crippen LogP contribution in [-0.2, 0) is 16.0 Å². The second-order valence-corrected chi connectivity index (χ2v) is 7.67. The fourth-order valence-electron chi connectivity index (χ4n) is 4.01. The highest BCUT2D eigenvalue weighted by Crippen LogP contribution is 2.46. The summed E-state index contributed by atoms with van der Waals surface area (Å²) in [5.41, 5.74) is 10.1. The van der Waals surface area contributed by atoms with Crippen molar-refractivity contribution in [2.45, 2.75) is 52.0 Å². The maximum Gasteiger partial charge on any atom is 0.236 e. The molecule has 2 aromatic rings. The van der Waals surface area contributed by atoms with Crippen molar-refractivity contribution in [1.82, 2.24) is 15.1 Å². The minimum Gasteiger partial charge on any atom is -0.369 e. The lowest BCUT2D eigenvalue weighted by molar-refractivity contribution is -0.135. The maximum atomic E-state index is 12.6. The fraction of sp³-hybridized carbons (Fsp3) is 0.450. The van der Waals surface area contributed by atoms with E-state index in [2.05, 4.69) is 42.5 Å². The Hall–Kier alpha value is -2.63. The van der Waals surface area contributed by atoms with Crippen molar-refractivity contribution >= 4 is 11.8 Å². The van der Waals surface area contributed by atoms with E-state index in [-0.39, 0.29) is 11.9 Å². The highest BCUT2D eigenvalue weighted by atomic mass is 16.2. The molecule has 6 nitrogen and oxygen atoms in total. The van der Waals surface area contributed by atoms with Crippen LogP contribution in [-0.4, -0.2) is 21.6 Å². The first-order valence-electron chi connectivity index (χ1n) is 9.17. The number of nitrogens with zero attached hydrogens (tertiary/aromatic N) is 2. The molecular weight excluding hydrogens is 328 g/mol. The van der Waals surface area contributed by atoms with Crippen LogP contribution in [0.15, 0.2) is 24.4 Å². The summed E-state index contributed by atoms with van der Waals surface area (Å²) >= 11 is 0. The molecule has 2 aliphatic carbocycles. The lowest BCUT2D eigenvalue weighted by Gasteiger charge is -2.25. The van der Waals surface area contributed by atoms with E-state index in [9.17, 15) is 9.59 Å². The highest BCUT2D eigenvalue weighted by molar-refractivity contribution is 6.07. The molecule has 1 heterocycles. The van der Waals surface area contributed by atoms with Crippen molar-refractivity contribution in [3.05, 3.63) is 46.8 Å². The molecule has 0 radical (unpaired) electrons. The summed E-state index contributed by atoms with van der Waals surface area (Å²) in [6.45, 7) is 4.16. The van der Waals surface area contributed by atoms with Crippen molar-refractivity contribution < 1.29 is 9.59 Å². The van der Waals surface area contributed by atoms with Crippen LogP contribution >= 0.6 is 0 Å². The Labute approximate surface area is 152 Å². The van der Waals surface area contributed by atoms with E-state index in [0.717, 1.165) is 36.2 Å². The van der Waals surface area contributed by atoms with E-state index in [4.69, 9.17) is 5.73 Å². The summed E-state index contributed by atoms with van der Waals surface area (Å²) in [6, 6.07) is 6.27. The Morgan fingerprint density at radius 2 is 1.92 bits per heavy atom. The zero-order valence-electron chi connectivity index (χ0n) is 15.2. The first-order chi connectivity index (χ1) is 12.4. The number of amides is 2. The molecule has 4 rings (SSSR count). The van der Waals surface area contributed by atoms with Crippen LogP contribution in [0.1, 0.15) is 54.1 Å². The molecule has 0 saturated heterocycles. The molecule has 136 valence electrons. The van der Waals surface area contributed by atoms with Crippen LogP contribution in [0, 0.1) is 19.3 Å². The number of aromatic nitrogens is 2. The van der Waals surface area contributed by atoms with Gasteiger partial charge >= 0.3 is 0 Å². The second kappa shape index (κ2) is 5.97. The Morgan fingerprint density at radius 1 is 1.23 bits per heavy atom. The van der Waals surface area contributed by atoms with Gasteiger partial charge in [0, 0.05) is 11.3 Å². The molecule has 26 heavy (non-hydrogen) atoms. The average Bonchev–Trinajstić information content (AvgIpc) is 3.28. The van der Waals surface area contributed by atoms with Crippen LogP contribution in [0.5, 0.6) is 0 Å². The third-order valence-corrected chi connectivity index (χ3v) is 5.60. The normalized spacial score (nSPS) is 20.3. The number of nitrogens with one attached hydrogen (secondary N) is 1. The number of primary amides is 1. The van der Waals surface area contributed by atoms with Gasteiger partial charge in [-0.15, -0.1) is 0 Å². The minimum absolute atomic E-state index is 0.109. The summed E-state index contributed by atoms with van der Waals surface area (Å²) < 4.78 is 1.98. The minimum atomic E-state index is -0.985. The van der Waals surface area contributed by atoms with Gasteiger partial charge < -0.3 is 11.1 Å². The Morgan fingerprint density at radius 3 is 2.54 bits per heavy atom. The van der Waals surface area contributed by atoms with E-state index < -0.39 is 11.3 Å². The predicted octanol–water partition coefficient (Wildman–Crippen LogP) is 2.25. The van der Waals surface area contributed by atoms with Gasteiger partial charge in [0.25, 0.3) is 0 Å². The van der Waals surface area contributed by atoms with Gasteiger partial charge in [-0.05, 0) is 69.2 Å². The lowest BCUT2D eigenvalue weighted by atomic mass is 9.92. The summed E-state index contributed by atoms with van der Waals surface area (Å²) in [7, 11) is 0. The van der Waals surface area contributed by atoms with Crippen molar-refractivity contribution in [3.63, 3.8) is 0 Å². The van der Waals surface area contributed by atoms with Crippen LogP contribution in [0.2, 0.25) is 0 Å². The molecule has 1 aromatic carbocycles. The molecule has 2 amide bonds. The van der Waals surface area contributed by atoms with Gasteiger partial charge in [-0.25, -0.2) is 4.68 Å². The van der Waals surface area contributed by atoms with Gasteiger partial charge in [-0.1, -0.05) is 6.07 Å². The number of fused-ring (bicyclic) bond motifs is 1. The number of carbonyl (C=O) groups is 2. The van der Waals surface area contributed by atoms with Crippen molar-refractivity contribution in [3.8, 4) is 5.69 Å². The Balaban J connectivity index is 1.63. The number of hydrogen-bond acceptors (Lipinski definition) is 3. The quantitative estimate of drug-likeness (QED) is 0.827. The number of rotatable bonds is 4. The highest BCUT2D eigenvalue weighted by Gasteiger charge is 2.55. The zero-order valence-corrected chi connectivity index (χ0v) is 15.2. The Bertz CT molecular complexity index is 875. The third kappa shape index (κ3) is 2.69. The lowest BCUT2D eigenvalue weighted by Crippen LogP contribution is -2.42. The monoisotopic (exact) mass is 352 g/mol. The maximum absolute atomic E-state index is 12.6. The van der Waals surface area contributed by atoms with E-state index >= 15 is 0 Å². The van der Waals surface area contributed by atoms with Crippen molar-refractivity contribution in [1.29, 1.82) is 0 Å². The molecule has 1 atom stereocenters. The van der Waals surface area contributed by atoms with Crippen molar-refractivity contribution in [2.24, 2.45) is 11.1 Å². The number of hydrogen-bond donors (Lipinski definition) is 2. The van der Waals surface area contributed by atoms with Crippen LogP contribution in [0.25, 0.3) is 5.69 Å². The molecular formula is C20H24N4O2. The van der Waals surface area contributed by atoms with Gasteiger partial charge in [-0.2, -0.15) is 5.10 Å². The van der Waals surface area contributed by atoms with Crippen LogP contribution in [0.3, 0.4) is 0 Å². The zero-order chi connectivity index (χ0) is 18.5. The summed E-state index contributed by atoms with van der Waals surface area (Å²) in [6.07, 6.45) is 5.70. The molecule has 1 fully saturated rings. The third-order valence-electron chi connectivity index (χ3n) is 5.60. The van der Waals surface area contributed by atoms with Crippen LogP contribution in [0.4, 0.5) is 0 Å². The summed E-state index contributed by atoms with van der Waals surface area (Å²) in [5.74, 6) is -0.751. The van der Waals surface area contributed by atoms with Gasteiger partial charge in [0.15, 0.2) is 0 Å². The van der Waals surface area contributed by atoms with Gasteiger partial charge in [0.05, 0.1) is 17.9 Å². The van der Waals surface area contributed by atoms with E-state index in [0.29, 0.717) is 12.8 Å². The van der Waals surface area contributed by atoms with Gasteiger partial charge in [-0.3, -0.25) is 9.59 Å². The number of aryl methyl sites for hydroxylation is 2. The van der Waals surface area contributed by atoms with Gasteiger partial charge in [0.2, 0.25) is 11.8 Å². The molecule has 3 N–H and O–H groups in total. The first-order valence-corrected chi connectivity index (χ1v) is 9.17. The number of benzene rings is 1. The average molecular weight is 352 g/mol. The molecule has 0 bridgehead atoms. The summed E-state index contributed by atoms with van der Waals surface area (Å²) in [4.78, 5) is 24.2. The van der Waals surface area contributed by atoms with Crippen molar-refractivity contribution in [2.75, 3.05) is 0 Å². The predicted molar refractivity (Wildman–Crippen MR) is 97.7 cm³/mol. The molecule has 0 aliphatic heterocycles. The smallest absolute Gasteiger partial charge is 0.236 e. The molecule has 0 unspecified atom stereocenters. The van der Waals surface area contributed by atoms with Gasteiger partial charge in [0.1, 0.15) is 5.41 Å². The van der Waals surface area contributed by atoms with E-state index in [1.54, 1.807) is 0 Å². The first kappa shape index (κ1) is 16.8. The van der Waals surface area contributed by atoms with E-state index in [1.807, 2.05) is 10.9 Å². The molecule has 1 aromatic heterocycles. The fourth-order valence-corrected chi connectivity index (χ4v) is 4.01. The SMILES string of the molecule is Cc1cc(C)cc(-n2ncc3c2CCC[C@H]3NC(=O)C2(C(N)=O)CC2)c1. The van der Waals surface area contributed by atoms with E-state index in [1.165, 1.54) is 11.1 Å². The second-order valence-electron chi connectivity index (χ2n) is 7.67. The molecule has 0 spiro atoms. The largest absolute Gasteiger partial charge is 0.369 e. The molecule has 2 aliphatic rings. The number of nitrogens with two attached hydrogens (primary N) is 1. The summed E-state index contributed by atoms with van der Waals surface area (Å²) in [5, 5.41) is 7.65. The Kier molecular flexibility index (Phi) is 3.86.